The summed E-state index contributed by atoms with van der Waals surface area (Å²) in [7, 11) is 0. The number of aromatic nitrogens is 4. The number of hydrogen-bond acceptors (Lipinski definition) is 8. The van der Waals surface area contributed by atoms with Crippen molar-refractivity contribution in [3.8, 4) is 22.8 Å². The molecule has 0 aromatic carbocycles. The van der Waals surface area contributed by atoms with E-state index in [1.54, 1.807) is 20.0 Å². The van der Waals surface area contributed by atoms with Crippen LogP contribution in [0, 0.1) is 20.8 Å². The zero-order valence-corrected chi connectivity index (χ0v) is 15.6. The van der Waals surface area contributed by atoms with Crippen molar-refractivity contribution in [2.75, 3.05) is 5.32 Å². The molecule has 0 radical (unpaired) electrons. The van der Waals surface area contributed by atoms with Crippen LogP contribution in [0.4, 0.5) is 5.13 Å². The number of rotatable bonds is 4. The van der Waals surface area contributed by atoms with Gasteiger partial charge in [-0.25, -0.2) is 9.97 Å². The molecule has 0 aliphatic heterocycles. The summed E-state index contributed by atoms with van der Waals surface area (Å²) in [6.45, 7) is 5.35. The molecule has 0 fully saturated rings. The molecule has 136 valence electrons. The van der Waals surface area contributed by atoms with E-state index in [1.807, 2.05) is 24.4 Å². The summed E-state index contributed by atoms with van der Waals surface area (Å²) in [5.74, 6) is 0.496. The molecule has 0 saturated carbocycles. The van der Waals surface area contributed by atoms with Crippen molar-refractivity contribution in [3.63, 3.8) is 0 Å². The van der Waals surface area contributed by atoms with Crippen molar-refractivity contribution in [2.45, 2.75) is 20.8 Å². The highest BCUT2D eigenvalue weighted by Gasteiger charge is 2.24. The molecule has 0 spiro atoms. The second-order valence-corrected chi connectivity index (χ2v) is 6.73. The Kier molecular flexibility index (Phi) is 4.28. The Hall–Kier alpha value is -3.33. The zero-order chi connectivity index (χ0) is 19.0. The largest absolute Gasteiger partial charge is 0.449 e. The highest BCUT2D eigenvalue weighted by molar-refractivity contribution is 7.14. The molecule has 0 atom stereocenters. The van der Waals surface area contributed by atoms with Gasteiger partial charge in [0.05, 0.1) is 5.69 Å². The number of oxazole rings is 1. The van der Waals surface area contributed by atoms with Gasteiger partial charge in [0.1, 0.15) is 34.7 Å². The van der Waals surface area contributed by atoms with E-state index in [1.165, 1.54) is 17.6 Å². The Balaban J connectivity index is 1.61. The molecule has 27 heavy (non-hydrogen) atoms. The lowest BCUT2D eigenvalue weighted by molar-refractivity contribution is 0.102. The van der Waals surface area contributed by atoms with Crippen LogP contribution in [0.1, 0.15) is 27.6 Å². The molecule has 8 nitrogen and oxygen atoms in total. The summed E-state index contributed by atoms with van der Waals surface area (Å²) in [5, 5.41) is 9.05. The number of pyridine rings is 1. The van der Waals surface area contributed by atoms with Crippen LogP contribution in [-0.2, 0) is 0 Å². The normalized spacial score (nSPS) is 10.9. The van der Waals surface area contributed by atoms with Gasteiger partial charge in [0.15, 0.2) is 11.0 Å². The number of carbonyl (C=O) groups is 1. The van der Waals surface area contributed by atoms with Gasteiger partial charge in [-0.1, -0.05) is 11.2 Å². The number of hydrogen-bond donors (Lipinski definition) is 1. The first-order valence-electron chi connectivity index (χ1n) is 8.10. The SMILES string of the molecule is Cc1nc(-c2noc(C)c2C(=O)Nc2nc(-c3ncccc3C)cs2)co1. The van der Waals surface area contributed by atoms with Crippen LogP contribution in [0.25, 0.3) is 22.8 Å². The van der Waals surface area contributed by atoms with Crippen molar-refractivity contribution in [1.29, 1.82) is 0 Å². The summed E-state index contributed by atoms with van der Waals surface area (Å²) < 4.78 is 10.4. The van der Waals surface area contributed by atoms with E-state index in [4.69, 9.17) is 8.94 Å². The van der Waals surface area contributed by atoms with E-state index >= 15 is 0 Å². The van der Waals surface area contributed by atoms with Gasteiger partial charge in [-0.15, -0.1) is 11.3 Å². The lowest BCUT2D eigenvalue weighted by Gasteiger charge is -2.02. The summed E-state index contributed by atoms with van der Waals surface area (Å²) in [6, 6.07) is 3.84. The Labute approximate surface area is 158 Å². The van der Waals surface area contributed by atoms with E-state index < -0.39 is 0 Å². The maximum atomic E-state index is 12.8. The predicted octanol–water partition coefficient (Wildman–Crippen LogP) is 4.03. The topological polar surface area (TPSA) is 107 Å². The highest BCUT2D eigenvalue weighted by Crippen LogP contribution is 2.28. The van der Waals surface area contributed by atoms with Gasteiger partial charge in [-0.3, -0.25) is 15.1 Å². The Morgan fingerprint density at radius 1 is 1.15 bits per heavy atom. The quantitative estimate of drug-likeness (QED) is 0.569. The van der Waals surface area contributed by atoms with E-state index in [9.17, 15) is 4.79 Å². The molecule has 0 unspecified atom stereocenters. The third-order valence-electron chi connectivity index (χ3n) is 3.93. The first-order valence-corrected chi connectivity index (χ1v) is 8.98. The molecule has 4 aromatic rings. The maximum Gasteiger partial charge on any atom is 0.263 e. The predicted molar refractivity (Wildman–Crippen MR) is 99.5 cm³/mol. The molecular weight excluding hydrogens is 366 g/mol. The minimum Gasteiger partial charge on any atom is -0.449 e. The fraction of sp³-hybridized carbons (Fsp3) is 0.167. The molecule has 4 heterocycles. The average Bonchev–Trinajstić information content (AvgIpc) is 3.35. The number of nitrogens with one attached hydrogen (secondary N) is 1. The fourth-order valence-electron chi connectivity index (χ4n) is 2.64. The van der Waals surface area contributed by atoms with E-state index in [2.05, 4.69) is 25.4 Å². The van der Waals surface area contributed by atoms with Gasteiger partial charge in [-0.2, -0.15) is 0 Å². The van der Waals surface area contributed by atoms with Crippen LogP contribution in [0.2, 0.25) is 0 Å². The summed E-state index contributed by atoms with van der Waals surface area (Å²) in [5.41, 5.74) is 3.59. The van der Waals surface area contributed by atoms with Crippen molar-refractivity contribution in [2.24, 2.45) is 0 Å². The maximum absolute atomic E-state index is 12.8. The summed E-state index contributed by atoms with van der Waals surface area (Å²) >= 11 is 1.32. The van der Waals surface area contributed by atoms with Crippen LogP contribution in [0.5, 0.6) is 0 Å². The van der Waals surface area contributed by atoms with Crippen molar-refractivity contribution in [3.05, 3.63) is 52.8 Å². The van der Waals surface area contributed by atoms with Crippen LogP contribution in [0.15, 0.2) is 38.9 Å². The van der Waals surface area contributed by atoms with Crippen LogP contribution in [0.3, 0.4) is 0 Å². The third kappa shape index (κ3) is 3.24. The smallest absolute Gasteiger partial charge is 0.263 e. The number of aryl methyl sites for hydroxylation is 3. The molecule has 0 aliphatic carbocycles. The van der Waals surface area contributed by atoms with Gasteiger partial charge in [0, 0.05) is 18.5 Å². The van der Waals surface area contributed by atoms with Crippen LogP contribution < -0.4 is 5.32 Å². The Morgan fingerprint density at radius 2 is 2.00 bits per heavy atom. The molecule has 1 N–H and O–H groups in total. The molecular formula is C18H15N5O3S. The van der Waals surface area contributed by atoms with Crippen LogP contribution in [-0.4, -0.2) is 26.0 Å². The monoisotopic (exact) mass is 381 g/mol. The molecule has 9 heteroatoms. The van der Waals surface area contributed by atoms with Gasteiger partial charge >= 0.3 is 0 Å². The summed E-state index contributed by atoms with van der Waals surface area (Å²) in [6.07, 6.45) is 3.15. The van der Waals surface area contributed by atoms with Gasteiger partial charge < -0.3 is 8.94 Å². The van der Waals surface area contributed by atoms with E-state index in [0.29, 0.717) is 39.4 Å². The standard InChI is InChI=1S/C18H15N5O3S/c1-9-5-4-6-19-15(9)13-8-27-18(21-13)22-17(24)14-10(2)26-23-16(14)12-7-25-11(3)20-12/h4-8H,1-3H3,(H,21,22,24). The minimum atomic E-state index is -0.372. The third-order valence-corrected chi connectivity index (χ3v) is 4.69. The van der Waals surface area contributed by atoms with Gasteiger partial charge in [0.25, 0.3) is 5.91 Å². The Morgan fingerprint density at radius 3 is 2.74 bits per heavy atom. The molecule has 0 saturated heterocycles. The second kappa shape index (κ2) is 6.76. The first-order chi connectivity index (χ1) is 13.0. The van der Waals surface area contributed by atoms with Crippen molar-refractivity contribution < 1.29 is 13.7 Å². The molecule has 0 aliphatic rings. The zero-order valence-electron chi connectivity index (χ0n) is 14.8. The molecule has 4 aromatic heterocycles. The highest BCUT2D eigenvalue weighted by atomic mass is 32.1. The number of amides is 1. The summed E-state index contributed by atoms with van der Waals surface area (Å²) in [4.78, 5) is 25.8. The Bertz CT molecular complexity index is 1130. The van der Waals surface area contributed by atoms with Crippen molar-refractivity contribution >= 4 is 22.4 Å². The minimum absolute atomic E-state index is 0.300. The van der Waals surface area contributed by atoms with Crippen molar-refractivity contribution in [1.82, 2.24) is 20.1 Å². The fourth-order valence-corrected chi connectivity index (χ4v) is 3.33. The lowest BCUT2D eigenvalue weighted by atomic mass is 10.1. The number of nitrogens with zero attached hydrogens (tertiary/aromatic N) is 4. The lowest BCUT2D eigenvalue weighted by Crippen LogP contribution is -2.13. The number of thiazole rings is 1. The number of carbonyl (C=O) groups excluding carboxylic acids is 1. The van der Waals surface area contributed by atoms with E-state index in [-0.39, 0.29) is 5.91 Å². The first kappa shape index (κ1) is 17.1. The van der Waals surface area contributed by atoms with Gasteiger partial charge in [-0.05, 0) is 25.5 Å². The molecule has 4 rings (SSSR count). The average molecular weight is 381 g/mol. The molecule has 0 bridgehead atoms. The number of anilines is 1. The van der Waals surface area contributed by atoms with Gasteiger partial charge in [0.2, 0.25) is 0 Å². The second-order valence-electron chi connectivity index (χ2n) is 5.88. The van der Waals surface area contributed by atoms with E-state index in [0.717, 1.165) is 11.3 Å². The molecule has 1 amide bonds. The van der Waals surface area contributed by atoms with Crippen LogP contribution >= 0.6 is 11.3 Å².